The first kappa shape index (κ1) is 15.9. The Morgan fingerprint density at radius 2 is 2.24 bits per heavy atom. The molecule has 1 aromatic heterocycles. The van der Waals surface area contributed by atoms with Crippen molar-refractivity contribution in [3.05, 3.63) is 36.7 Å². The van der Waals surface area contributed by atoms with Gasteiger partial charge in [-0.05, 0) is 37.4 Å². The van der Waals surface area contributed by atoms with Gasteiger partial charge in [-0.15, -0.1) is 11.8 Å². The molecule has 3 N–H and O–H groups in total. The van der Waals surface area contributed by atoms with Crippen LogP contribution in [0.25, 0.3) is 0 Å². The lowest BCUT2D eigenvalue weighted by molar-refractivity contribution is 0.582. The summed E-state index contributed by atoms with van der Waals surface area (Å²) in [6.07, 6.45) is 5.55. The largest absolute Gasteiger partial charge is 0.330 e. The third-order valence-electron chi connectivity index (χ3n) is 2.83. The van der Waals surface area contributed by atoms with Gasteiger partial charge in [-0.25, -0.2) is 8.42 Å². The number of nitrogens with two attached hydrogens (primary N) is 1. The number of nitrogens with one attached hydrogen (secondary N) is 1. The third-order valence-corrected chi connectivity index (χ3v) is 4.89. The number of sulfonamides is 1. The van der Waals surface area contributed by atoms with E-state index in [2.05, 4.69) is 9.82 Å². The van der Waals surface area contributed by atoms with Crippen molar-refractivity contribution in [2.45, 2.75) is 22.8 Å². The van der Waals surface area contributed by atoms with Crippen molar-refractivity contribution in [1.29, 1.82) is 0 Å². The summed E-state index contributed by atoms with van der Waals surface area (Å²) < 4.78 is 28.7. The molecule has 0 amide bonds. The van der Waals surface area contributed by atoms with Crippen molar-refractivity contribution >= 4 is 27.5 Å². The molecule has 6 nitrogen and oxygen atoms in total. The van der Waals surface area contributed by atoms with Gasteiger partial charge < -0.3 is 5.73 Å². The summed E-state index contributed by atoms with van der Waals surface area (Å²) in [5, 5.41) is 4.03. The van der Waals surface area contributed by atoms with Crippen LogP contribution in [0.1, 0.15) is 6.42 Å². The highest BCUT2D eigenvalue weighted by Gasteiger charge is 2.16. The molecule has 0 saturated carbocycles. The zero-order chi connectivity index (χ0) is 15.3. The summed E-state index contributed by atoms with van der Waals surface area (Å²) in [5.74, 6) is 0. The Bertz CT molecular complexity index is 698. The minimum Gasteiger partial charge on any atom is -0.330 e. The van der Waals surface area contributed by atoms with E-state index in [4.69, 9.17) is 5.73 Å². The van der Waals surface area contributed by atoms with Crippen LogP contribution >= 0.6 is 11.8 Å². The molecule has 0 spiro atoms. The van der Waals surface area contributed by atoms with Crippen LogP contribution in [0.3, 0.4) is 0 Å². The first-order valence-corrected chi connectivity index (χ1v) is 9.15. The first-order valence-electron chi connectivity index (χ1n) is 6.44. The van der Waals surface area contributed by atoms with E-state index in [-0.39, 0.29) is 4.90 Å². The van der Waals surface area contributed by atoms with Crippen LogP contribution in [0.4, 0.5) is 5.69 Å². The normalized spacial score (nSPS) is 11.5. The van der Waals surface area contributed by atoms with Crippen LogP contribution < -0.4 is 10.5 Å². The molecule has 0 aliphatic carbocycles. The monoisotopic (exact) mass is 326 g/mol. The van der Waals surface area contributed by atoms with E-state index in [1.165, 1.54) is 12.4 Å². The van der Waals surface area contributed by atoms with Gasteiger partial charge in [0.2, 0.25) is 0 Å². The zero-order valence-corrected chi connectivity index (χ0v) is 13.3. The second-order valence-electron chi connectivity index (χ2n) is 4.42. The van der Waals surface area contributed by atoms with Crippen LogP contribution in [0.15, 0.2) is 46.5 Å². The van der Waals surface area contributed by atoms with Gasteiger partial charge in [0.05, 0.1) is 6.20 Å². The maximum absolute atomic E-state index is 12.3. The van der Waals surface area contributed by atoms with Gasteiger partial charge in [-0.1, -0.05) is 6.07 Å². The van der Waals surface area contributed by atoms with E-state index in [1.807, 2.05) is 18.4 Å². The van der Waals surface area contributed by atoms with E-state index in [0.29, 0.717) is 18.8 Å². The number of thioether (sulfide) groups is 1. The van der Waals surface area contributed by atoms with Crippen molar-refractivity contribution in [2.75, 3.05) is 17.5 Å². The standard InChI is InChI=1S/C13H18N4O2S2/c1-20-12-5-2-4-11(8-12)16-21(18,19)13-9-15-17(10-13)7-3-6-14/h2,4-5,8-10,16H,3,6-7,14H2,1H3. The number of hydrogen-bond donors (Lipinski definition) is 2. The minimum atomic E-state index is -3.62. The van der Waals surface area contributed by atoms with Crippen molar-refractivity contribution in [3.8, 4) is 0 Å². The smallest absolute Gasteiger partial charge is 0.265 e. The van der Waals surface area contributed by atoms with Gasteiger partial charge in [0.15, 0.2) is 0 Å². The Morgan fingerprint density at radius 3 is 2.95 bits per heavy atom. The summed E-state index contributed by atoms with van der Waals surface area (Å²) in [6, 6.07) is 7.25. The molecular formula is C13H18N4O2S2. The highest BCUT2D eigenvalue weighted by atomic mass is 32.2. The molecule has 1 aromatic carbocycles. The van der Waals surface area contributed by atoms with Crippen LogP contribution in [-0.2, 0) is 16.6 Å². The molecule has 21 heavy (non-hydrogen) atoms. The van der Waals surface area contributed by atoms with Crippen LogP contribution in [-0.4, -0.2) is 31.0 Å². The first-order chi connectivity index (χ1) is 10.0. The summed E-state index contributed by atoms with van der Waals surface area (Å²) >= 11 is 1.55. The molecule has 0 saturated heterocycles. The molecular weight excluding hydrogens is 308 g/mol. The molecule has 2 aromatic rings. The van der Waals surface area contributed by atoms with Crippen LogP contribution in [0.5, 0.6) is 0 Å². The van der Waals surface area contributed by atoms with E-state index < -0.39 is 10.0 Å². The van der Waals surface area contributed by atoms with Crippen LogP contribution in [0.2, 0.25) is 0 Å². The number of nitrogens with zero attached hydrogens (tertiary/aromatic N) is 2. The molecule has 0 bridgehead atoms. The Hall–Kier alpha value is -1.51. The predicted octanol–water partition coefficient (Wildman–Crippen LogP) is 1.75. The number of aromatic nitrogens is 2. The number of rotatable bonds is 7. The molecule has 114 valence electrons. The molecule has 0 aliphatic rings. The van der Waals surface area contributed by atoms with E-state index in [9.17, 15) is 8.42 Å². The van der Waals surface area contributed by atoms with Crippen LogP contribution in [0, 0.1) is 0 Å². The van der Waals surface area contributed by atoms with Gasteiger partial charge in [0, 0.05) is 23.3 Å². The van der Waals surface area contributed by atoms with Gasteiger partial charge in [0.25, 0.3) is 10.0 Å². The SMILES string of the molecule is CSc1cccc(NS(=O)(=O)c2cnn(CCCN)c2)c1. The quantitative estimate of drug-likeness (QED) is 0.757. The molecule has 8 heteroatoms. The lowest BCUT2D eigenvalue weighted by Gasteiger charge is -2.07. The minimum absolute atomic E-state index is 0.147. The van der Waals surface area contributed by atoms with E-state index in [0.717, 1.165) is 11.3 Å². The predicted molar refractivity (Wildman–Crippen MR) is 84.9 cm³/mol. The topological polar surface area (TPSA) is 90.0 Å². The number of anilines is 1. The molecule has 0 atom stereocenters. The second-order valence-corrected chi connectivity index (χ2v) is 6.98. The van der Waals surface area contributed by atoms with Gasteiger partial charge in [0.1, 0.15) is 4.90 Å². The van der Waals surface area contributed by atoms with E-state index >= 15 is 0 Å². The van der Waals surface area contributed by atoms with Gasteiger partial charge in [-0.2, -0.15) is 5.10 Å². The highest BCUT2D eigenvalue weighted by molar-refractivity contribution is 7.98. The summed E-state index contributed by atoms with van der Waals surface area (Å²) in [6.45, 7) is 1.15. The van der Waals surface area contributed by atoms with Gasteiger partial charge in [-0.3, -0.25) is 9.40 Å². The maximum Gasteiger partial charge on any atom is 0.265 e. The van der Waals surface area contributed by atoms with Crippen molar-refractivity contribution in [2.24, 2.45) is 5.73 Å². The number of benzene rings is 1. The molecule has 0 radical (unpaired) electrons. The fourth-order valence-electron chi connectivity index (χ4n) is 1.76. The fourth-order valence-corrected chi connectivity index (χ4v) is 3.22. The average Bonchev–Trinajstić information content (AvgIpc) is 2.94. The van der Waals surface area contributed by atoms with E-state index in [1.54, 1.807) is 28.6 Å². The van der Waals surface area contributed by atoms with Crippen molar-refractivity contribution in [1.82, 2.24) is 9.78 Å². The Morgan fingerprint density at radius 1 is 1.43 bits per heavy atom. The lowest BCUT2D eigenvalue weighted by atomic mass is 10.3. The Labute approximate surface area is 128 Å². The summed E-state index contributed by atoms with van der Waals surface area (Å²) in [4.78, 5) is 1.14. The molecule has 0 unspecified atom stereocenters. The average molecular weight is 326 g/mol. The Balaban J connectivity index is 2.15. The highest BCUT2D eigenvalue weighted by Crippen LogP contribution is 2.21. The molecule has 1 heterocycles. The third kappa shape index (κ3) is 4.23. The van der Waals surface area contributed by atoms with Crippen molar-refractivity contribution < 1.29 is 8.42 Å². The zero-order valence-electron chi connectivity index (χ0n) is 11.7. The van der Waals surface area contributed by atoms with Crippen molar-refractivity contribution in [3.63, 3.8) is 0 Å². The molecule has 0 aliphatic heterocycles. The summed E-state index contributed by atoms with van der Waals surface area (Å²) in [5.41, 5.74) is 5.96. The second kappa shape index (κ2) is 6.97. The summed E-state index contributed by atoms with van der Waals surface area (Å²) in [7, 11) is -3.62. The maximum atomic E-state index is 12.3. The lowest BCUT2D eigenvalue weighted by Crippen LogP contribution is -2.12. The molecule has 2 rings (SSSR count). The molecule has 0 fully saturated rings. The number of hydrogen-bond acceptors (Lipinski definition) is 5. The number of aryl methyl sites for hydroxylation is 1. The fraction of sp³-hybridized carbons (Fsp3) is 0.308. The van der Waals surface area contributed by atoms with Gasteiger partial charge >= 0.3 is 0 Å². The Kier molecular flexibility index (Phi) is 5.27.